The molecule has 0 spiro atoms. The Morgan fingerprint density at radius 2 is 1.80 bits per heavy atom. The lowest BCUT2D eigenvalue weighted by atomic mass is 10.1. The third kappa shape index (κ3) is 2.45. The van der Waals surface area contributed by atoms with Crippen molar-refractivity contribution < 1.29 is 14.3 Å². The zero-order valence-corrected chi connectivity index (χ0v) is 11.9. The predicted molar refractivity (Wildman–Crippen MR) is 75.6 cm³/mol. The van der Waals surface area contributed by atoms with E-state index in [4.69, 9.17) is 9.47 Å². The summed E-state index contributed by atoms with van der Waals surface area (Å²) >= 11 is 0. The fourth-order valence-corrected chi connectivity index (χ4v) is 1.85. The van der Waals surface area contributed by atoms with Crippen molar-refractivity contribution in [2.45, 2.75) is 13.8 Å². The van der Waals surface area contributed by atoms with Gasteiger partial charge in [0, 0.05) is 11.3 Å². The second-order valence-electron chi connectivity index (χ2n) is 4.31. The summed E-state index contributed by atoms with van der Waals surface area (Å²) < 4.78 is 10.4. The number of aromatic amines is 1. The topological polar surface area (TPSA) is 76.2 Å². The number of amides is 1. The molecule has 1 heterocycles. The van der Waals surface area contributed by atoms with E-state index in [1.807, 2.05) is 13.8 Å². The van der Waals surface area contributed by atoms with E-state index < -0.39 is 0 Å². The Balaban J connectivity index is 2.36. The maximum Gasteiger partial charge on any atom is 0.264 e. The zero-order valence-electron chi connectivity index (χ0n) is 11.9. The number of aromatic nitrogens is 2. The lowest BCUT2D eigenvalue weighted by molar-refractivity contribution is 0.102. The van der Waals surface area contributed by atoms with E-state index in [1.165, 1.54) is 14.2 Å². The number of methoxy groups -OCH3 is 2. The molecule has 0 saturated carbocycles. The number of carbonyl (C=O) groups is 1. The summed E-state index contributed by atoms with van der Waals surface area (Å²) in [4.78, 5) is 12.4. The molecule has 6 nitrogen and oxygen atoms in total. The van der Waals surface area contributed by atoms with Crippen molar-refractivity contribution in [3.8, 4) is 11.5 Å². The molecule has 1 aromatic carbocycles. The predicted octanol–water partition coefficient (Wildman–Crippen LogP) is 2.30. The largest absolute Gasteiger partial charge is 0.496 e. The van der Waals surface area contributed by atoms with E-state index in [1.54, 1.807) is 18.2 Å². The minimum Gasteiger partial charge on any atom is -0.496 e. The molecular weight excluding hydrogens is 258 g/mol. The van der Waals surface area contributed by atoms with E-state index in [2.05, 4.69) is 15.5 Å². The number of nitrogens with zero attached hydrogens (tertiary/aromatic N) is 1. The number of carbonyl (C=O) groups excluding carboxylic acids is 1. The highest BCUT2D eigenvalue weighted by atomic mass is 16.5. The lowest BCUT2D eigenvalue weighted by Gasteiger charge is -2.12. The molecule has 0 aliphatic rings. The molecule has 0 fully saturated rings. The van der Waals surface area contributed by atoms with Gasteiger partial charge in [-0.25, -0.2) is 0 Å². The normalized spacial score (nSPS) is 10.2. The van der Waals surface area contributed by atoms with Crippen LogP contribution in [0.25, 0.3) is 0 Å². The summed E-state index contributed by atoms with van der Waals surface area (Å²) in [6.07, 6.45) is 0. The van der Waals surface area contributed by atoms with Crippen molar-refractivity contribution in [3.05, 3.63) is 35.0 Å². The first-order valence-electron chi connectivity index (χ1n) is 6.12. The van der Waals surface area contributed by atoms with E-state index >= 15 is 0 Å². The average Bonchev–Trinajstić information content (AvgIpc) is 2.78. The first-order valence-corrected chi connectivity index (χ1v) is 6.12. The van der Waals surface area contributed by atoms with Crippen LogP contribution in [0.5, 0.6) is 11.5 Å². The molecule has 0 radical (unpaired) electrons. The molecule has 0 saturated heterocycles. The highest BCUT2D eigenvalue weighted by molar-refractivity contribution is 6.08. The van der Waals surface area contributed by atoms with Crippen LogP contribution in [-0.2, 0) is 0 Å². The van der Waals surface area contributed by atoms with Crippen LogP contribution in [-0.4, -0.2) is 30.3 Å². The number of anilines is 1. The summed E-state index contributed by atoms with van der Waals surface area (Å²) in [6, 6.07) is 5.18. The van der Waals surface area contributed by atoms with Gasteiger partial charge in [0.25, 0.3) is 5.91 Å². The van der Waals surface area contributed by atoms with Crippen LogP contribution in [0.15, 0.2) is 18.2 Å². The molecule has 0 unspecified atom stereocenters. The molecule has 2 rings (SSSR count). The average molecular weight is 275 g/mol. The van der Waals surface area contributed by atoms with Crippen LogP contribution in [0.2, 0.25) is 0 Å². The van der Waals surface area contributed by atoms with Crippen molar-refractivity contribution in [2.24, 2.45) is 0 Å². The van der Waals surface area contributed by atoms with Gasteiger partial charge in [0.2, 0.25) is 0 Å². The molecule has 6 heteroatoms. The smallest absolute Gasteiger partial charge is 0.264 e. The molecule has 1 aromatic heterocycles. The minimum atomic E-state index is -0.325. The lowest BCUT2D eigenvalue weighted by Crippen LogP contribution is -2.15. The van der Waals surface area contributed by atoms with Gasteiger partial charge in [-0.3, -0.25) is 9.89 Å². The highest BCUT2D eigenvalue weighted by Gasteiger charge is 2.20. The molecule has 2 aromatic rings. The van der Waals surface area contributed by atoms with E-state index in [9.17, 15) is 4.79 Å². The monoisotopic (exact) mass is 275 g/mol. The van der Waals surface area contributed by atoms with Crippen molar-refractivity contribution in [2.75, 3.05) is 19.5 Å². The quantitative estimate of drug-likeness (QED) is 0.897. The number of rotatable bonds is 4. The molecule has 0 aliphatic heterocycles. The Morgan fingerprint density at radius 3 is 2.25 bits per heavy atom. The van der Waals surface area contributed by atoms with E-state index in [-0.39, 0.29) is 5.91 Å². The van der Waals surface area contributed by atoms with Crippen molar-refractivity contribution in [1.29, 1.82) is 0 Å². The molecule has 106 valence electrons. The second kappa shape index (κ2) is 5.64. The highest BCUT2D eigenvalue weighted by Crippen LogP contribution is 2.29. The number of nitrogens with one attached hydrogen (secondary N) is 2. The third-order valence-electron chi connectivity index (χ3n) is 3.14. The Bertz CT molecular complexity index is 612. The first-order chi connectivity index (χ1) is 9.58. The number of hydrogen-bond acceptors (Lipinski definition) is 4. The molecule has 1 amide bonds. The van der Waals surface area contributed by atoms with E-state index in [0.29, 0.717) is 22.9 Å². The van der Waals surface area contributed by atoms with Crippen LogP contribution in [0.1, 0.15) is 21.6 Å². The summed E-state index contributed by atoms with van der Waals surface area (Å²) in [5, 5.41) is 9.63. The third-order valence-corrected chi connectivity index (χ3v) is 3.14. The fraction of sp³-hybridized carbons (Fsp3) is 0.286. The molecule has 0 atom stereocenters. The van der Waals surface area contributed by atoms with Gasteiger partial charge in [-0.05, 0) is 26.0 Å². The minimum absolute atomic E-state index is 0.325. The van der Waals surface area contributed by atoms with Gasteiger partial charge in [0.1, 0.15) is 17.1 Å². The van der Waals surface area contributed by atoms with Crippen molar-refractivity contribution >= 4 is 11.7 Å². The van der Waals surface area contributed by atoms with E-state index in [0.717, 1.165) is 11.3 Å². The van der Waals surface area contributed by atoms with Crippen LogP contribution in [0, 0.1) is 13.8 Å². The van der Waals surface area contributed by atoms with Crippen LogP contribution >= 0.6 is 0 Å². The maximum atomic E-state index is 12.4. The van der Waals surface area contributed by atoms with Gasteiger partial charge in [-0.1, -0.05) is 6.07 Å². The molecular formula is C14H17N3O3. The van der Waals surface area contributed by atoms with Gasteiger partial charge in [-0.15, -0.1) is 0 Å². The Morgan fingerprint density at radius 1 is 1.20 bits per heavy atom. The van der Waals surface area contributed by atoms with Gasteiger partial charge in [-0.2, -0.15) is 5.10 Å². The SMILES string of the molecule is COc1cccc(OC)c1C(=O)Nc1n[nH]c(C)c1C. The van der Waals surface area contributed by atoms with Crippen LogP contribution in [0.3, 0.4) is 0 Å². The Labute approximate surface area is 117 Å². The number of benzene rings is 1. The summed E-state index contributed by atoms with van der Waals surface area (Å²) in [5.74, 6) is 1.08. The number of hydrogen-bond donors (Lipinski definition) is 2. The first kappa shape index (κ1) is 13.9. The van der Waals surface area contributed by atoms with Gasteiger partial charge < -0.3 is 14.8 Å². The van der Waals surface area contributed by atoms with Crippen LogP contribution in [0.4, 0.5) is 5.82 Å². The molecule has 2 N–H and O–H groups in total. The standard InChI is InChI=1S/C14H17N3O3/c1-8-9(2)16-17-13(8)15-14(18)12-10(19-3)6-5-7-11(12)20-4/h5-7H,1-4H3,(H2,15,16,17,18). The fourth-order valence-electron chi connectivity index (χ4n) is 1.85. The van der Waals surface area contributed by atoms with Crippen molar-refractivity contribution in [3.63, 3.8) is 0 Å². The summed E-state index contributed by atoms with van der Waals surface area (Å²) in [6.45, 7) is 3.77. The summed E-state index contributed by atoms with van der Waals surface area (Å²) in [5.41, 5.74) is 2.15. The zero-order chi connectivity index (χ0) is 14.7. The maximum absolute atomic E-state index is 12.4. The van der Waals surface area contributed by atoms with Crippen molar-refractivity contribution in [1.82, 2.24) is 10.2 Å². The molecule has 0 aliphatic carbocycles. The molecule has 0 bridgehead atoms. The number of ether oxygens (including phenoxy) is 2. The second-order valence-corrected chi connectivity index (χ2v) is 4.31. The number of H-pyrrole nitrogens is 1. The Kier molecular flexibility index (Phi) is 3.93. The van der Waals surface area contributed by atoms with Gasteiger partial charge in [0.05, 0.1) is 14.2 Å². The number of aryl methyl sites for hydroxylation is 1. The van der Waals surface area contributed by atoms with Gasteiger partial charge >= 0.3 is 0 Å². The molecule has 20 heavy (non-hydrogen) atoms. The Hall–Kier alpha value is -2.50. The van der Waals surface area contributed by atoms with Gasteiger partial charge in [0.15, 0.2) is 5.82 Å². The summed E-state index contributed by atoms with van der Waals surface area (Å²) in [7, 11) is 3.02. The van der Waals surface area contributed by atoms with Crippen LogP contribution < -0.4 is 14.8 Å².